The summed E-state index contributed by atoms with van der Waals surface area (Å²) in [4.78, 5) is 14.2. The fraction of sp³-hybridized carbons (Fsp3) is 0.562. The van der Waals surface area contributed by atoms with Crippen LogP contribution in [0.25, 0.3) is 0 Å². The van der Waals surface area contributed by atoms with Crippen molar-refractivity contribution in [1.82, 2.24) is 10.2 Å². The average molecular weight is 276 g/mol. The maximum atomic E-state index is 11.8. The molecule has 2 atom stereocenters. The molecule has 0 spiro atoms. The third kappa shape index (κ3) is 4.32. The Bertz CT molecular complexity index is 422. The quantitative estimate of drug-likeness (QED) is 0.829. The normalized spacial score (nSPS) is 20.8. The standard InChI is InChI=1S/C16H24N2O2/c1-2-18-9-8-13(12-18)11-17-16(20)10-15(19)14-6-4-3-5-7-14/h3-7,13,15,19H,2,8-12H2,1H3,(H,17,20). The van der Waals surface area contributed by atoms with E-state index in [1.165, 1.54) is 0 Å². The molecule has 0 aliphatic carbocycles. The van der Waals surface area contributed by atoms with Crippen LogP contribution < -0.4 is 5.32 Å². The van der Waals surface area contributed by atoms with Gasteiger partial charge in [-0.25, -0.2) is 0 Å². The van der Waals surface area contributed by atoms with Crippen molar-refractivity contribution in [3.8, 4) is 0 Å². The molecule has 0 saturated carbocycles. The number of nitrogens with zero attached hydrogens (tertiary/aromatic N) is 1. The zero-order valence-electron chi connectivity index (χ0n) is 12.1. The predicted octanol–water partition coefficient (Wildman–Crippen LogP) is 1.57. The van der Waals surface area contributed by atoms with Crippen LogP contribution in [-0.2, 0) is 4.79 Å². The van der Waals surface area contributed by atoms with Crippen LogP contribution >= 0.6 is 0 Å². The Balaban J connectivity index is 1.70. The minimum absolute atomic E-state index is 0.0729. The van der Waals surface area contributed by atoms with Crippen LogP contribution in [0.2, 0.25) is 0 Å². The highest BCUT2D eigenvalue weighted by Crippen LogP contribution is 2.17. The van der Waals surface area contributed by atoms with Gasteiger partial charge in [0.05, 0.1) is 12.5 Å². The lowest BCUT2D eigenvalue weighted by Crippen LogP contribution is -2.31. The van der Waals surface area contributed by atoms with Crippen molar-refractivity contribution in [3.63, 3.8) is 0 Å². The monoisotopic (exact) mass is 276 g/mol. The number of likely N-dealkylation sites (tertiary alicyclic amines) is 1. The summed E-state index contributed by atoms with van der Waals surface area (Å²) in [6, 6.07) is 9.32. The average Bonchev–Trinajstić information content (AvgIpc) is 2.94. The van der Waals surface area contributed by atoms with Crippen molar-refractivity contribution in [2.75, 3.05) is 26.2 Å². The van der Waals surface area contributed by atoms with Crippen LogP contribution in [0.1, 0.15) is 31.4 Å². The largest absolute Gasteiger partial charge is 0.388 e. The van der Waals surface area contributed by atoms with Gasteiger partial charge in [-0.05, 0) is 31.0 Å². The zero-order chi connectivity index (χ0) is 14.4. The van der Waals surface area contributed by atoms with Crippen molar-refractivity contribution < 1.29 is 9.90 Å². The van der Waals surface area contributed by atoms with E-state index in [0.29, 0.717) is 5.92 Å². The molecule has 1 aromatic rings. The lowest BCUT2D eigenvalue weighted by Gasteiger charge is -2.15. The van der Waals surface area contributed by atoms with Crippen LogP contribution in [0.15, 0.2) is 30.3 Å². The van der Waals surface area contributed by atoms with E-state index in [2.05, 4.69) is 17.1 Å². The van der Waals surface area contributed by atoms with Gasteiger partial charge in [0, 0.05) is 13.1 Å². The molecule has 0 radical (unpaired) electrons. The van der Waals surface area contributed by atoms with Crippen molar-refractivity contribution in [1.29, 1.82) is 0 Å². The fourth-order valence-corrected chi connectivity index (χ4v) is 2.67. The summed E-state index contributed by atoms with van der Waals surface area (Å²) in [5.41, 5.74) is 0.792. The van der Waals surface area contributed by atoms with Gasteiger partial charge in [-0.3, -0.25) is 4.79 Å². The van der Waals surface area contributed by atoms with Crippen molar-refractivity contribution in [3.05, 3.63) is 35.9 Å². The molecule has 1 aromatic carbocycles. The second-order valence-corrected chi connectivity index (χ2v) is 5.48. The summed E-state index contributed by atoms with van der Waals surface area (Å²) in [5.74, 6) is 0.476. The molecule has 20 heavy (non-hydrogen) atoms. The zero-order valence-corrected chi connectivity index (χ0v) is 12.1. The Hall–Kier alpha value is -1.39. The summed E-state index contributed by atoms with van der Waals surface area (Å²) in [5, 5.41) is 12.9. The third-order valence-corrected chi connectivity index (χ3v) is 3.97. The summed E-state index contributed by atoms with van der Waals surface area (Å²) in [7, 11) is 0. The minimum Gasteiger partial charge on any atom is -0.388 e. The first-order valence-corrected chi connectivity index (χ1v) is 7.41. The fourth-order valence-electron chi connectivity index (χ4n) is 2.67. The molecule has 1 aliphatic rings. The van der Waals surface area contributed by atoms with Gasteiger partial charge in [0.25, 0.3) is 0 Å². The van der Waals surface area contributed by atoms with E-state index >= 15 is 0 Å². The van der Waals surface area contributed by atoms with Gasteiger partial charge < -0.3 is 15.3 Å². The van der Waals surface area contributed by atoms with Crippen LogP contribution in [0, 0.1) is 5.92 Å². The molecule has 1 aliphatic heterocycles. The minimum atomic E-state index is -0.716. The highest BCUT2D eigenvalue weighted by molar-refractivity contribution is 5.76. The first-order chi connectivity index (χ1) is 9.69. The van der Waals surface area contributed by atoms with Gasteiger partial charge in [0.1, 0.15) is 0 Å². The lowest BCUT2D eigenvalue weighted by molar-refractivity contribution is -0.123. The molecule has 1 saturated heterocycles. The van der Waals surface area contributed by atoms with Gasteiger partial charge in [0.15, 0.2) is 0 Å². The number of carbonyl (C=O) groups excluding carboxylic acids is 1. The van der Waals surface area contributed by atoms with Crippen LogP contribution in [0.4, 0.5) is 0 Å². The predicted molar refractivity (Wildman–Crippen MR) is 79.2 cm³/mol. The second-order valence-electron chi connectivity index (χ2n) is 5.48. The van der Waals surface area contributed by atoms with E-state index in [1.54, 1.807) is 0 Å². The Kier molecular flexibility index (Phi) is 5.56. The molecule has 2 N–H and O–H groups in total. The highest BCUT2D eigenvalue weighted by Gasteiger charge is 2.21. The molecule has 4 heteroatoms. The molecule has 110 valence electrons. The van der Waals surface area contributed by atoms with E-state index in [1.807, 2.05) is 30.3 Å². The number of rotatable bonds is 6. The Morgan fingerprint density at radius 1 is 1.45 bits per heavy atom. The molecule has 0 bridgehead atoms. The summed E-state index contributed by atoms with van der Waals surface area (Å²) in [6.45, 7) is 6.16. The maximum absolute atomic E-state index is 11.8. The number of carbonyl (C=O) groups is 1. The van der Waals surface area contributed by atoms with Gasteiger partial charge in [-0.2, -0.15) is 0 Å². The number of nitrogens with one attached hydrogen (secondary N) is 1. The molecule has 2 unspecified atom stereocenters. The molecular formula is C16H24N2O2. The number of hydrogen-bond donors (Lipinski definition) is 2. The summed E-state index contributed by atoms with van der Waals surface area (Å²) < 4.78 is 0. The Morgan fingerprint density at radius 2 is 2.20 bits per heavy atom. The smallest absolute Gasteiger partial charge is 0.222 e. The highest BCUT2D eigenvalue weighted by atomic mass is 16.3. The lowest BCUT2D eigenvalue weighted by atomic mass is 10.1. The van der Waals surface area contributed by atoms with Gasteiger partial charge in [0.2, 0.25) is 5.91 Å². The second kappa shape index (κ2) is 7.41. The number of amides is 1. The van der Waals surface area contributed by atoms with Gasteiger partial charge in [-0.1, -0.05) is 37.3 Å². The molecule has 1 heterocycles. The van der Waals surface area contributed by atoms with E-state index < -0.39 is 6.10 Å². The first kappa shape index (κ1) is 15.0. The molecule has 0 aromatic heterocycles. The number of aliphatic hydroxyl groups is 1. The van der Waals surface area contributed by atoms with Crippen molar-refractivity contribution in [2.45, 2.75) is 25.9 Å². The molecular weight excluding hydrogens is 252 g/mol. The molecule has 1 fully saturated rings. The van der Waals surface area contributed by atoms with E-state index in [0.717, 1.165) is 38.2 Å². The number of hydrogen-bond acceptors (Lipinski definition) is 3. The Labute approximate surface area is 120 Å². The molecule has 4 nitrogen and oxygen atoms in total. The number of aliphatic hydroxyl groups excluding tert-OH is 1. The van der Waals surface area contributed by atoms with Crippen LogP contribution in [0.3, 0.4) is 0 Å². The first-order valence-electron chi connectivity index (χ1n) is 7.41. The van der Waals surface area contributed by atoms with Gasteiger partial charge in [-0.15, -0.1) is 0 Å². The SMILES string of the molecule is CCN1CCC(CNC(=O)CC(O)c2ccccc2)C1. The summed E-state index contributed by atoms with van der Waals surface area (Å²) >= 11 is 0. The number of benzene rings is 1. The topological polar surface area (TPSA) is 52.6 Å². The van der Waals surface area contributed by atoms with E-state index in [9.17, 15) is 9.90 Å². The molecule has 2 rings (SSSR count). The van der Waals surface area contributed by atoms with Crippen LogP contribution in [0.5, 0.6) is 0 Å². The Morgan fingerprint density at radius 3 is 2.85 bits per heavy atom. The van der Waals surface area contributed by atoms with Crippen LogP contribution in [-0.4, -0.2) is 42.1 Å². The van der Waals surface area contributed by atoms with Gasteiger partial charge >= 0.3 is 0 Å². The maximum Gasteiger partial charge on any atom is 0.222 e. The van der Waals surface area contributed by atoms with E-state index in [-0.39, 0.29) is 12.3 Å². The van der Waals surface area contributed by atoms with E-state index in [4.69, 9.17) is 0 Å². The summed E-state index contributed by atoms with van der Waals surface area (Å²) in [6.07, 6.45) is 0.566. The third-order valence-electron chi connectivity index (χ3n) is 3.97. The molecule has 1 amide bonds. The van der Waals surface area contributed by atoms with Crippen molar-refractivity contribution in [2.24, 2.45) is 5.92 Å². The van der Waals surface area contributed by atoms with Crippen molar-refractivity contribution >= 4 is 5.91 Å².